The number of nitrogens with one attached hydrogen (secondary N) is 2. The van der Waals surface area contributed by atoms with E-state index in [0.717, 1.165) is 18.5 Å². The van der Waals surface area contributed by atoms with Crippen LogP contribution in [0, 0.1) is 5.92 Å². The van der Waals surface area contributed by atoms with E-state index < -0.39 is 6.61 Å². The molecule has 0 aromatic heterocycles. The van der Waals surface area contributed by atoms with Crippen molar-refractivity contribution >= 4 is 24.1 Å². The fourth-order valence-electron chi connectivity index (χ4n) is 2.80. The highest BCUT2D eigenvalue weighted by Crippen LogP contribution is 2.35. The summed E-state index contributed by atoms with van der Waals surface area (Å²) in [5, 5.41) is 6.37. The first kappa shape index (κ1) is 20.5. The Morgan fingerprint density at radius 1 is 1.35 bits per heavy atom. The smallest absolute Gasteiger partial charge is 0.387 e. The van der Waals surface area contributed by atoms with Gasteiger partial charge in [0.1, 0.15) is 6.04 Å². The van der Waals surface area contributed by atoms with Crippen LogP contribution in [0.2, 0.25) is 0 Å². The van der Waals surface area contributed by atoms with Crippen LogP contribution in [0.3, 0.4) is 0 Å². The van der Waals surface area contributed by atoms with Crippen molar-refractivity contribution in [2.24, 2.45) is 5.92 Å². The van der Waals surface area contributed by atoms with Gasteiger partial charge in [0.05, 0.1) is 13.7 Å². The predicted octanol–water partition coefficient (Wildman–Crippen LogP) is 2.81. The molecule has 146 valence electrons. The second-order valence-corrected chi connectivity index (χ2v) is 6.36. The third-order valence-electron chi connectivity index (χ3n) is 4.32. The molecule has 1 aliphatic carbocycles. The maximum atomic E-state index is 12.5. The van der Waals surface area contributed by atoms with Gasteiger partial charge < -0.3 is 24.8 Å². The van der Waals surface area contributed by atoms with Crippen LogP contribution in [0.5, 0.6) is 11.5 Å². The molecule has 1 aromatic carbocycles. The van der Waals surface area contributed by atoms with Gasteiger partial charge in [-0.05, 0) is 37.3 Å². The first-order valence-corrected chi connectivity index (χ1v) is 8.34. The van der Waals surface area contributed by atoms with Gasteiger partial charge in [0, 0.05) is 24.3 Å². The highest BCUT2D eigenvalue weighted by molar-refractivity contribution is 5.85. The van der Waals surface area contributed by atoms with Gasteiger partial charge in [0.2, 0.25) is 0 Å². The largest absolute Gasteiger partial charge is 0.489 e. The number of methoxy groups -OCH3 is 1. The summed E-state index contributed by atoms with van der Waals surface area (Å²) in [6.07, 6.45) is 2.79. The second kappa shape index (κ2) is 9.23. The molecule has 2 N–H and O–H groups in total. The van der Waals surface area contributed by atoms with Gasteiger partial charge in [-0.2, -0.15) is 8.78 Å². The number of carbonyl (C=O) groups is 1. The van der Waals surface area contributed by atoms with Crippen LogP contribution >= 0.6 is 12.4 Å². The molecular formula is C17H23ClF2N2O4. The molecule has 2 atom stereocenters. The van der Waals surface area contributed by atoms with Crippen LogP contribution < -0.4 is 20.1 Å². The van der Waals surface area contributed by atoms with E-state index in [9.17, 15) is 13.6 Å². The minimum Gasteiger partial charge on any atom is -0.489 e. The summed E-state index contributed by atoms with van der Waals surface area (Å²) in [4.78, 5) is 11.5. The molecule has 0 bridgehead atoms. The summed E-state index contributed by atoms with van der Waals surface area (Å²) in [7, 11) is 1.36. The lowest BCUT2D eigenvalue weighted by Gasteiger charge is -2.17. The molecule has 6 nitrogen and oxygen atoms in total. The SMILES string of the molecule is COC(=O)[C@@H]1C[C@H](Nc2ccc(OC(F)F)c(OCC3CC3)c2)CN1.Cl. The number of anilines is 1. The van der Waals surface area contributed by atoms with Gasteiger partial charge in [-0.25, -0.2) is 0 Å². The van der Waals surface area contributed by atoms with Crippen LogP contribution in [0.25, 0.3) is 0 Å². The van der Waals surface area contributed by atoms with Crippen molar-refractivity contribution in [3.8, 4) is 11.5 Å². The Hall–Kier alpha value is -1.80. The first-order valence-electron chi connectivity index (χ1n) is 8.34. The Kier molecular flexibility index (Phi) is 7.28. The molecule has 1 aliphatic heterocycles. The molecule has 1 saturated carbocycles. The van der Waals surface area contributed by atoms with E-state index in [0.29, 0.717) is 31.2 Å². The van der Waals surface area contributed by atoms with E-state index in [1.165, 1.54) is 13.2 Å². The summed E-state index contributed by atoms with van der Waals surface area (Å²) >= 11 is 0. The fraction of sp³-hybridized carbons (Fsp3) is 0.588. The normalized spacial score (nSPS) is 21.8. The minimum absolute atomic E-state index is 0. The summed E-state index contributed by atoms with van der Waals surface area (Å²) in [6, 6.07) is 4.48. The molecule has 0 amide bonds. The van der Waals surface area contributed by atoms with E-state index in [1.54, 1.807) is 12.1 Å². The summed E-state index contributed by atoms with van der Waals surface area (Å²) in [5.74, 6) is 0.528. The van der Waals surface area contributed by atoms with Crippen molar-refractivity contribution in [3.63, 3.8) is 0 Å². The van der Waals surface area contributed by atoms with Crippen molar-refractivity contribution in [2.45, 2.75) is 38.0 Å². The summed E-state index contributed by atoms with van der Waals surface area (Å²) in [6.45, 7) is -1.80. The maximum absolute atomic E-state index is 12.5. The Morgan fingerprint density at radius 2 is 2.12 bits per heavy atom. The number of halogens is 3. The lowest BCUT2D eigenvalue weighted by atomic mass is 10.1. The molecule has 9 heteroatoms. The van der Waals surface area contributed by atoms with Gasteiger partial charge in [0.15, 0.2) is 11.5 Å². The fourth-order valence-corrected chi connectivity index (χ4v) is 2.80. The minimum atomic E-state index is -2.90. The molecule has 0 unspecified atom stereocenters. The third kappa shape index (κ3) is 5.60. The average molecular weight is 393 g/mol. The number of alkyl halides is 2. The Labute approximate surface area is 157 Å². The number of hydrogen-bond donors (Lipinski definition) is 2. The number of hydrogen-bond acceptors (Lipinski definition) is 6. The molecule has 2 fully saturated rings. The number of esters is 1. The second-order valence-electron chi connectivity index (χ2n) is 6.36. The van der Waals surface area contributed by atoms with E-state index >= 15 is 0 Å². The zero-order chi connectivity index (χ0) is 17.8. The van der Waals surface area contributed by atoms with Crippen molar-refractivity contribution in [1.82, 2.24) is 5.32 Å². The number of carbonyl (C=O) groups excluding carboxylic acids is 1. The molecule has 1 heterocycles. The topological polar surface area (TPSA) is 68.8 Å². The van der Waals surface area contributed by atoms with Crippen molar-refractivity contribution in [2.75, 3.05) is 25.6 Å². The summed E-state index contributed by atoms with van der Waals surface area (Å²) in [5.41, 5.74) is 0.727. The number of ether oxygens (including phenoxy) is 3. The molecule has 2 aliphatic rings. The summed E-state index contributed by atoms with van der Waals surface area (Å²) < 4.78 is 40.0. The third-order valence-corrected chi connectivity index (χ3v) is 4.32. The molecular weight excluding hydrogens is 370 g/mol. The maximum Gasteiger partial charge on any atom is 0.387 e. The van der Waals surface area contributed by atoms with E-state index in [-0.39, 0.29) is 36.2 Å². The van der Waals surface area contributed by atoms with Crippen LogP contribution in [-0.4, -0.2) is 44.9 Å². The molecule has 0 radical (unpaired) electrons. The highest BCUT2D eigenvalue weighted by Gasteiger charge is 2.30. The van der Waals surface area contributed by atoms with Gasteiger partial charge >= 0.3 is 12.6 Å². The molecule has 0 spiro atoms. The van der Waals surface area contributed by atoms with Gasteiger partial charge in [-0.3, -0.25) is 4.79 Å². The van der Waals surface area contributed by atoms with Gasteiger partial charge in [-0.1, -0.05) is 0 Å². The average Bonchev–Trinajstić information content (AvgIpc) is 3.31. The standard InChI is InChI=1S/C17H22F2N2O4.ClH/c1-23-16(22)13-6-12(8-20-13)21-11-4-5-14(25-17(18)19)15(7-11)24-9-10-2-3-10;/h4-5,7,10,12-13,17,20-21H,2-3,6,8-9H2,1H3;1H/t12-,13-;/m0./s1. The quantitative estimate of drug-likeness (QED) is 0.663. The van der Waals surface area contributed by atoms with Crippen LogP contribution in [-0.2, 0) is 9.53 Å². The van der Waals surface area contributed by atoms with Crippen molar-refractivity contribution in [3.05, 3.63) is 18.2 Å². The number of benzene rings is 1. The van der Waals surface area contributed by atoms with Crippen LogP contribution in [0.15, 0.2) is 18.2 Å². The highest BCUT2D eigenvalue weighted by atomic mass is 35.5. The Morgan fingerprint density at radius 3 is 2.77 bits per heavy atom. The Bertz CT molecular complexity index is 616. The van der Waals surface area contributed by atoms with Gasteiger partial charge in [-0.15, -0.1) is 12.4 Å². The van der Waals surface area contributed by atoms with E-state index in [2.05, 4.69) is 15.4 Å². The van der Waals surface area contributed by atoms with Crippen LogP contribution in [0.1, 0.15) is 19.3 Å². The van der Waals surface area contributed by atoms with Crippen molar-refractivity contribution in [1.29, 1.82) is 0 Å². The van der Waals surface area contributed by atoms with E-state index in [4.69, 9.17) is 9.47 Å². The van der Waals surface area contributed by atoms with Crippen LogP contribution in [0.4, 0.5) is 14.5 Å². The Balaban J connectivity index is 0.00000243. The molecule has 26 heavy (non-hydrogen) atoms. The van der Waals surface area contributed by atoms with E-state index in [1.807, 2.05) is 0 Å². The monoisotopic (exact) mass is 392 g/mol. The zero-order valence-corrected chi connectivity index (χ0v) is 15.2. The first-order chi connectivity index (χ1) is 12.0. The lowest BCUT2D eigenvalue weighted by molar-refractivity contribution is -0.142. The lowest BCUT2D eigenvalue weighted by Crippen LogP contribution is -2.31. The molecule has 1 saturated heterocycles. The molecule has 1 aromatic rings. The predicted molar refractivity (Wildman–Crippen MR) is 94.4 cm³/mol. The zero-order valence-electron chi connectivity index (χ0n) is 14.4. The molecule has 3 rings (SSSR count). The number of rotatable bonds is 8. The van der Waals surface area contributed by atoms with Gasteiger partial charge in [0.25, 0.3) is 0 Å². The van der Waals surface area contributed by atoms with Crippen molar-refractivity contribution < 1.29 is 27.8 Å².